The molecule has 108 valence electrons. The van der Waals surface area contributed by atoms with Gasteiger partial charge in [0.2, 0.25) is 0 Å². The second-order valence-corrected chi connectivity index (χ2v) is 5.06. The van der Waals surface area contributed by atoms with E-state index in [2.05, 4.69) is 10.6 Å². The van der Waals surface area contributed by atoms with Crippen molar-refractivity contribution in [2.24, 2.45) is 0 Å². The molecule has 0 spiro atoms. The number of nitrogens with one attached hydrogen (secondary N) is 2. The fourth-order valence-corrected chi connectivity index (χ4v) is 2.34. The van der Waals surface area contributed by atoms with Crippen molar-refractivity contribution in [1.82, 2.24) is 5.32 Å². The first kappa shape index (κ1) is 14.4. The topological polar surface area (TPSA) is 78.4 Å². The first-order valence-corrected chi connectivity index (χ1v) is 7.02. The van der Waals surface area contributed by atoms with Crippen LogP contribution in [0.3, 0.4) is 0 Å². The Morgan fingerprint density at radius 1 is 1.45 bits per heavy atom. The summed E-state index contributed by atoms with van der Waals surface area (Å²) in [5, 5.41) is 14.9. The molecule has 2 rings (SSSR count). The Balaban J connectivity index is 2.04. The van der Waals surface area contributed by atoms with Crippen LogP contribution in [0.25, 0.3) is 0 Å². The minimum Gasteiger partial charge on any atom is -0.480 e. The second-order valence-electron chi connectivity index (χ2n) is 5.06. The van der Waals surface area contributed by atoms with Crippen molar-refractivity contribution in [3.05, 3.63) is 29.3 Å². The summed E-state index contributed by atoms with van der Waals surface area (Å²) in [5.41, 5.74) is 2.67. The predicted octanol–water partition coefficient (Wildman–Crippen LogP) is 2.03. The Bertz CT molecular complexity index is 514. The highest BCUT2D eigenvalue weighted by molar-refractivity contribution is 5.97. The maximum Gasteiger partial charge on any atom is 0.326 e. The van der Waals surface area contributed by atoms with E-state index in [1.54, 1.807) is 12.1 Å². The van der Waals surface area contributed by atoms with Crippen LogP contribution in [-0.2, 0) is 11.2 Å². The molecular weight excluding hydrogens is 256 g/mol. The summed E-state index contributed by atoms with van der Waals surface area (Å²) in [6, 6.07) is 4.64. The monoisotopic (exact) mass is 276 g/mol. The molecule has 1 amide bonds. The van der Waals surface area contributed by atoms with Gasteiger partial charge in [0.05, 0.1) is 0 Å². The number of hydrogen-bond acceptors (Lipinski definition) is 3. The van der Waals surface area contributed by atoms with Gasteiger partial charge >= 0.3 is 5.97 Å². The van der Waals surface area contributed by atoms with Gasteiger partial charge in [0.1, 0.15) is 6.04 Å². The van der Waals surface area contributed by atoms with E-state index in [-0.39, 0.29) is 5.91 Å². The fraction of sp³-hybridized carbons (Fsp3) is 0.467. The molecule has 5 heteroatoms. The van der Waals surface area contributed by atoms with Gasteiger partial charge in [-0.3, -0.25) is 4.79 Å². The summed E-state index contributed by atoms with van der Waals surface area (Å²) in [5.74, 6) is -1.31. The number of anilines is 1. The number of hydrogen-bond donors (Lipinski definition) is 3. The van der Waals surface area contributed by atoms with Crippen LogP contribution in [0.15, 0.2) is 18.2 Å². The summed E-state index contributed by atoms with van der Waals surface area (Å²) in [7, 11) is 0. The third-order valence-electron chi connectivity index (χ3n) is 3.53. The molecule has 1 aromatic carbocycles. The molecule has 0 radical (unpaired) electrons. The lowest BCUT2D eigenvalue weighted by Gasteiger charge is -2.14. The Morgan fingerprint density at radius 2 is 2.25 bits per heavy atom. The Morgan fingerprint density at radius 3 is 2.95 bits per heavy atom. The number of benzene rings is 1. The molecule has 0 bridgehead atoms. The molecule has 1 heterocycles. The van der Waals surface area contributed by atoms with Gasteiger partial charge in [-0.25, -0.2) is 4.79 Å². The van der Waals surface area contributed by atoms with Crippen molar-refractivity contribution in [3.8, 4) is 0 Å². The van der Waals surface area contributed by atoms with Gasteiger partial charge in [0.15, 0.2) is 0 Å². The second kappa shape index (κ2) is 6.41. The SMILES string of the molecule is CCCCC(NC(=O)c1ccc2c(c1)NCC2)C(=O)O. The molecule has 0 aromatic heterocycles. The molecule has 0 fully saturated rings. The highest BCUT2D eigenvalue weighted by Crippen LogP contribution is 2.23. The summed E-state index contributed by atoms with van der Waals surface area (Å²) in [4.78, 5) is 23.3. The number of aliphatic carboxylic acids is 1. The Labute approximate surface area is 118 Å². The third kappa shape index (κ3) is 3.29. The highest BCUT2D eigenvalue weighted by Gasteiger charge is 2.21. The minimum atomic E-state index is -0.980. The predicted molar refractivity (Wildman–Crippen MR) is 77.1 cm³/mol. The lowest BCUT2D eigenvalue weighted by atomic mass is 10.1. The number of carbonyl (C=O) groups is 2. The normalized spacial score (nSPS) is 14.2. The Kier molecular flexibility index (Phi) is 4.61. The van der Waals surface area contributed by atoms with Crippen molar-refractivity contribution < 1.29 is 14.7 Å². The number of rotatable bonds is 6. The summed E-state index contributed by atoms with van der Waals surface area (Å²) < 4.78 is 0. The van der Waals surface area contributed by atoms with Crippen LogP contribution in [0.2, 0.25) is 0 Å². The largest absolute Gasteiger partial charge is 0.480 e. The smallest absolute Gasteiger partial charge is 0.326 e. The van der Waals surface area contributed by atoms with Gasteiger partial charge in [0, 0.05) is 17.8 Å². The van der Waals surface area contributed by atoms with Crippen molar-refractivity contribution >= 4 is 17.6 Å². The molecule has 0 aliphatic carbocycles. The van der Waals surface area contributed by atoms with Gasteiger partial charge < -0.3 is 15.7 Å². The molecular formula is C15H20N2O3. The zero-order valence-corrected chi connectivity index (χ0v) is 11.6. The maximum atomic E-state index is 12.1. The molecule has 0 saturated carbocycles. The van der Waals surface area contributed by atoms with Crippen LogP contribution >= 0.6 is 0 Å². The van der Waals surface area contributed by atoms with E-state index in [4.69, 9.17) is 5.11 Å². The molecule has 20 heavy (non-hydrogen) atoms. The van der Waals surface area contributed by atoms with Crippen molar-refractivity contribution in [2.75, 3.05) is 11.9 Å². The zero-order valence-electron chi connectivity index (χ0n) is 11.6. The lowest BCUT2D eigenvalue weighted by molar-refractivity contribution is -0.139. The van der Waals surface area contributed by atoms with Crippen molar-refractivity contribution in [3.63, 3.8) is 0 Å². The summed E-state index contributed by atoms with van der Waals surface area (Å²) in [6.45, 7) is 2.88. The number of carboxylic acid groups (broad SMARTS) is 1. The molecule has 1 atom stereocenters. The molecule has 1 unspecified atom stereocenters. The van der Waals surface area contributed by atoms with Crippen molar-refractivity contribution in [2.45, 2.75) is 38.6 Å². The molecule has 0 saturated heterocycles. The van der Waals surface area contributed by atoms with Crippen LogP contribution in [0.5, 0.6) is 0 Å². The average Bonchev–Trinajstić information content (AvgIpc) is 2.90. The molecule has 5 nitrogen and oxygen atoms in total. The van der Waals surface area contributed by atoms with Gasteiger partial charge in [-0.1, -0.05) is 25.8 Å². The van der Waals surface area contributed by atoms with Crippen LogP contribution in [0, 0.1) is 0 Å². The van der Waals surface area contributed by atoms with Gasteiger partial charge in [-0.15, -0.1) is 0 Å². The van der Waals surface area contributed by atoms with Gasteiger partial charge in [-0.05, 0) is 30.5 Å². The standard InChI is InChI=1S/C15H20N2O3/c1-2-3-4-12(15(19)20)17-14(18)11-6-5-10-7-8-16-13(10)9-11/h5-6,9,12,16H,2-4,7-8H2,1H3,(H,17,18)(H,19,20). The number of carbonyl (C=O) groups excluding carboxylic acids is 1. The number of fused-ring (bicyclic) bond motifs is 1. The van der Waals surface area contributed by atoms with E-state index in [0.717, 1.165) is 31.5 Å². The lowest BCUT2D eigenvalue weighted by Crippen LogP contribution is -2.40. The minimum absolute atomic E-state index is 0.329. The number of carboxylic acids is 1. The summed E-state index contributed by atoms with van der Waals surface area (Å²) >= 11 is 0. The quantitative estimate of drug-likeness (QED) is 0.743. The molecule has 1 aromatic rings. The first-order chi connectivity index (χ1) is 9.61. The molecule has 1 aliphatic rings. The van der Waals surface area contributed by atoms with Crippen LogP contribution in [-0.4, -0.2) is 29.6 Å². The van der Waals surface area contributed by atoms with E-state index in [0.29, 0.717) is 12.0 Å². The number of amides is 1. The maximum absolute atomic E-state index is 12.1. The fourth-order valence-electron chi connectivity index (χ4n) is 2.34. The number of unbranched alkanes of at least 4 members (excludes halogenated alkanes) is 1. The first-order valence-electron chi connectivity index (χ1n) is 7.02. The van der Waals surface area contributed by atoms with E-state index >= 15 is 0 Å². The Hall–Kier alpha value is -2.04. The van der Waals surface area contributed by atoms with E-state index in [9.17, 15) is 9.59 Å². The van der Waals surface area contributed by atoms with E-state index in [1.165, 1.54) is 5.56 Å². The average molecular weight is 276 g/mol. The van der Waals surface area contributed by atoms with Crippen LogP contribution in [0.4, 0.5) is 5.69 Å². The van der Waals surface area contributed by atoms with Gasteiger partial charge in [0.25, 0.3) is 5.91 Å². The van der Waals surface area contributed by atoms with Gasteiger partial charge in [-0.2, -0.15) is 0 Å². The summed E-state index contributed by atoms with van der Waals surface area (Å²) in [6.07, 6.45) is 3.11. The van der Waals surface area contributed by atoms with E-state index < -0.39 is 12.0 Å². The van der Waals surface area contributed by atoms with Crippen molar-refractivity contribution in [1.29, 1.82) is 0 Å². The highest BCUT2D eigenvalue weighted by atomic mass is 16.4. The third-order valence-corrected chi connectivity index (χ3v) is 3.53. The molecule has 3 N–H and O–H groups in total. The van der Waals surface area contributed by atoms with Crippen LogP contribution < -0.4 is 10.6 Å². The molecule has 1 aliphatic heterocycles. The van der Waals surface area contributed by atoms with E-state index in [1.807, 2.05) is 13.0 Å². The van der Waals surface area contributed by atoms with Crippen LogP contribution in [0.1, 0.15) is 42.1 Å². The zero-order chi connectivity index (χ0) is 14.5.